The Morgan fingerprint density at radius 1 is 0.791 bits per heavy atom. The number of carbonyl (C=O) groups excluding carboxylic acids is 2. The van der Waals surface area contributed by atoms with Gasteiger partial charge < -0.3 is 10.2 Å². The Labute approximate surface area is 262 Å². The van der Waals surface area contributed by atoms with Gasteiger partial charge in [0.2, 0.25) is 11.8 Å². The van der Waals surface area contributed by atoms with E-state index in [1.807, 2.05) is 68.4 Å². The van der Waals surface area contributed by atoms with E-state index in [4.69, 9.17) is 0 Å². The zero-order chi connectivity index (χ0) is 30.8. The van der Waals surface area contributed by atoms with Gasteiger partial charge in [0, 0.05) is 23.5 Å². The molecule has 0 spiro atoms. The highest BCUT2D eigenvalue weighted by Gasteiger charge is 2.34. The summed E-state index contributed by atoms with van der Waals surface area (Å²) in [6, 6.07) is 32.6. The topological polar surface area (TPSA) is 86.8 Å². The third-order valence-corrected chi connectivity index (χ3v) is 9.51. The minimum absolute atomic E-state index is 0.0708. The van der Waals surface area contributed by atoms with Crippen LogP contribution in [0, 0.1) is 0 Å². The van der Waals surface area contributed by atoms with Crippen LogP contribution in [0.15, 0.2) is 125 Å². The van der Waals surface area contributed by atoms with E-state index < -0.39 is 28.5 Å². The van der Waals surface area contributed by atoms with Gasteiger partial charge in [0.1, 0.15) is 12.6 Å². The minimum Gasteiger partial charge on any atom is -0.352 e. The second kappa shape index (κ2) is 15.0. The van der Waals surface area contributed by atoms with E-state index >= 15 is 0 Å². The molecule has 0 unspecified atom stereocenters. The molecule has 2 atom stereocenters. The summed E-state index contributed by atoms with van der Waals surface area (Å²) in [7, 11) is -4.11. The van der Waals surface area contributed by atoms with Crippen LogP contribution in [0.5, 0.6) is 0 Å². The molecule has 0 radical (unpaired) electrons. The van der Waals surface area contributed by atoms with E-state index in [2.05, 4.69) is 21.2 Å². The molecule has 4 aromatic carbocycles. The maximum absolute atomic E-state index is 14.4. The van der Waals surface area contributed by atoms with Crippen molar-refractivity contribution in [3.05, 3.63) is 131 Å². The Bertz CT molecular complexity index is 1590. The zero-order valence-electron chi connectivity index (χ0n) is 24.3. The molecule has 224 valence electrons. The maximum Gasteiger partial charge on any atom is 0.264 e. The lowest BCUT2D eigenvalue weighted by Crippen LogP contribution is -2.54. The van der Waals surface area contributed by atoms with Gasteiger partial charge in [-0.2, -0.15) is 0 Å². The highest BCUT2D eigenvalue weighted by Crippen LogP contribution is 2.25. The van der Waals surface area contributed by atoms with Crippen molar-refractivity contribution in [3.63, 3.8) is 0 Å². The van der Waals surface area contributed by atoms with Gasteiger partial charge in [-0.15, -0.1) is 0 Å². The fourth-order valence-electron chi connectivity index (χ4n) is 4.62. The summed E-state index contributed by atoms with van der Waals surface area (Å²) in [4.78, 5) is 29.8. The molecule has 0 heterocycles. The molecule has 0 aromatic heterocycles. The Balaban J connectivity index is 1.78. The zero-order valence-corrected chi connectivity index (χ0v) is 26.7. The number of halogens is 1. The number of hydrogen-bond acceptors (Lipinski definition) is 4. The first-order valence-corrected chi connectivity index (χ1v) is 16.4. The van der Waals surface area contributed by atoms with Crippen molar-refractivity contribution in [1.82, 2.24) is 10.2 Å². The first-order chi connectivity index (χ1) is 20.7. The number of amides is 2. The van der Waals surface area contributed by atoms with Crippen molar-refractivity contribution in [3.8, 4) is 0 Å². The van der Waals surface area contributed by atoms with Crippen molar-refractivity contribution in [2.24, 2.45) is 0 Å². The highest BCUT2D eigenvalue weighted by atomic mass is 79.9. The molecule has 0 aliphatic rings. The van der Waals surface area contributed by atoms with Crippen LogP contribution in [0.1, 0.15) is 31.4 Å². The van der Waals surface area contributed by atoms with Crippen LogP contribution in [-0.4, -0.2) is 43.8 Å². The average molecular weight is 663 g/mol. The van der Waals surface area contributed by atoms with Gasteiger partial charge in [0.15, 0.2) is 0 Å². The number of para-hydroxylation sites is 1. The molecule has 0 saturated heterocycles. The maximum atomic E-state index is 14.4. The summed E-state index contributed by atoms with van der Waals surface area (Å²) in [6.07, 6.45) is 0.990. The summed E-state index contributed by atoms with van der Waals surface area (Å²) >= 11 is 3.46. The quantitative estimate of drug-likeness (QED) is 0.185. The molecule has 7 nitrogen and oxygen atoms in total. The Hall–Kier alpha value is -3.95. The second-order valence-corrected chi connectivity index (χ2v) is 13.1. The normalized spacial score (nSPS) is 12.6. The average Bonchev–Trinajstić information content (AvgIpc) is 3.03. The first-order valence-electron chi connectivity index (χ1n) is 14.2. The predicted molar refractivity (Wildman–Crippen MR) is 174 cm³/mol. The van der Waals surface area contributed by atoms with E-state index in [-0.39, 0.29) is 29.8 Å². The van der Waals surface area contributed by atoms with Gasteiger partial charge in [-0.25, -0.2) is 8.42 Å². The molecule has 4 rings (SSSR count). The van der Waals surface area contributed by atoms with E-state index in [1.54, 1.807) is 48.5 Å². The Morgan fingerprint density at radius 3 is 1.93 bits per heavy atom. The molecule has 0 bridgehead atoms. The molecule has 0 saturated carbocycles. The predicted octanol–water partition coefficient (Wildman–Crippen LogP) is 6.20. The summed E-state index contributed by atoms with van der Waals surface area (Å²) in [6.45, 7) is 3.53. The molecule has 0 fully saturated rings. The van der Waals surface area contributed by atoms with Gasteiger partial charge >= 0.3 is 0 Å². The fourth-order valence-corrected chi connectivity index (χ4v) is 6.32. The lowest BCUT2D eigenvalue weighted by atomic mass is 10.0. The van der Waals surface area contributed by atoms with E-state index in [1.165, 1.54) is 17.0 Å². The molecule has 0 aliphatic carbocycles. The van der Waals surface area contributed by atoms with Crippen molar-refractivity contribution in [2.75, 3.05) is 10.8 Å². The van der Waals surface area contributed by atoms with Crippen molar-refractivity contribution in [2.45, 2.75) is 50.2 Å². The summed E-state index contributed by atoms with van der Waals surface area (Å²) in [5.41, 5.74) is 2.05. The van der Waals surface area contributed by atoms with Crippen LogP contribution < -0.4 is 9.62 Å². The van der Waals surface area contributed by atoms with Gasteiger partial charge in [-0.05, 0) is 60.9 Å². The van der Waals surface area contributed by atoms with Gasteiger partial charge in [0.25, 0.3) is 10.0 Å². The van der Waals surface area contributed by atoms with E-state index in [0.29, 0.717) is 5.69 Å². The second-order valence-electron chi connectivity index (χ2n) is 10.3. The lowest BCUT2D eigenvalue weighted by molar-refractivity contribution is -0.140. The van der Waals surface area contributed by atoms with Crippen LogP contribution in [-0.2, 0) is 32.6 Å². The number of benzene rings is 4. The van der Waals surface area contributed by atoms with Crippen molar-refractivity contribution < 1.29 is 18.0 Å². The molecule has 43 heavy (non-hydrogen) atoms. The van der Waals surface area contributed by atoms with Crippen LogP contribution in [0.2, 0.25) is 0 Å². The number of nitrogens with zero attached hydrogens (tertiary/aromatic N) is 2. The Kier molecular flexibility index (Phi) is 11.1. The van der Waals surface area contributed by atoms with Crippen molar-refractivity contribution in [1.29, 1.82) is 0 Å². The lowest BCUT2D eigenvalue weighted by Gasteiger charge is -2.34. The Morgan fingerprint density at radius 2 is 1.35 bits per heavy atom. The summed E-state index contributed by atoms with van der Waals surface area (Å²) in [5.74, 6) is -0.785. The SMILES string of the molecule is CC[C@H](C)NC(=O)[C@@H](Cc1ccccc1)N(Cc1ccc(Br)cc1)C(=O)CN(c1ccccc1)S(=O)(=O)c1ccccc1. The molecule has 9 heteroatoms. The van der Waals surface area contributed by atoms with Gasteiger partial charge in [-0.1, -0.05) is 102 Å². The fraction of sp³-hybridized carbons (Fsp3) is 0.235. The number of rotatable bonds is 13. The van der Waals surface area contributed by atoms with E-state index in [0.717, 1.165) is 26.3 Å². The molecule has 2 amide bonds. The number of hydrogen-bond donors (Lipinski definition) is 1. The third-order valence-electron chi connectivity index (χ3n) is 7.19. The van der Waals surface area contributed by atoms with Gasteiger partial charge in [0.05, 0.1) is 10.6 Å². The molecule has 1 N–H and O–H groups in total. The highest BCUT2D eigenvalue weighted by molar-refractivity contribution is 9.10. The third kappa shape index (κ3) is 8.55. The minimum atomic E-state index is -4.11. The van der Waals surface area contributed by atoms with Crippen molar-refractivity contribution >= 4 is 43.5 Å². The molecule has 4 aromatic rings. The summed E-state index contributed by atoms with van der Waals surface area (Å²) < 4.78 is 29.9. The van der Waals surface area contributed by atoms with Gasteiger partial charge in [-0.3, -0.25) is 13.9 Å². The molecular formula is C34H36BrN3O4S. The monoisotopic (exact) mass is 661 g/mol. The number of nitrogens with one attached hydrogen (secondary N) is 1. The van der Waals surface area contributed by atoms with Crippen LogP contribution in [0.25, 0.3) is 0 Å². The number of anilines is 1. The van der Waals surface area contributed by atoms with E-state index in [9.17, 15) is 18.0 Å². The molecular weight excluding hydrogens is 626 g/mol. The van der Waals surface area contributed by atoms with Crippen LogP contribution in [0.3, 0.4) is 0 Å². The first kappa shape index (κ1) is 32.0. The van der Waals surface area contributed by atoms with Crippen LogP contribution in [0.4, 0.5) is 5.69 Å². The largest absolute Gasteiger partial charge is 0.352 e. The van der Waals surface area contributed by atoms with Crippen LogP contribution >= 0.6 is 15.9 Å². The number of sulfonamides is 1. The standard InChI is InChI=1S/C34H36BrN3O4S/c1-3-26(2)36-34(40)32(23-27-13-7-4-8-14-27)37(24-28-19-21-29(35)22-20-28)33(39)25-38(30-15-9-5-10-16-30)43(41,42)31-17-11-6-12-18-31/h4-22,26,32H,3,23-25H2,1-2H3,(H,36,40)/t26-,32+/m0/s1. The summed E-state index contributed by atoms with van der Waals surface area (Å²) in [5, 5.41) is 3.05. The number of carbonyl (C=O) groups is 2. The smallest absolute Gasteiger partial charge is 0.264 e. The molecule has 0 aliphatic heterocycles.